The van der Waals surface area contributed by atoms with Crippen LogP contribution in [0.25, 0.3) is 0 Å². The molecule has 0 spiro atoms. The molecule has 6 atom stereocenters. The number of carboxylic acids is 1. The molecule has 5 amide bonds. The van der Waals surface area contributed by atoms with E-state index in [1.807, 2.05) is 13.8 Å². The lowest BCUT2D eigenvalue weighted by atomic mass is 10.0. The minimum atomic E-state index is -1.12. The van der Waals surface area contributed by atoms with E-state index in [0.29, 0.717) is 51.5 Å². The molecule has 48 heavy (non-hydrogen) atoms. The lowest BCUT2D eigenvalue weighted by Crippen LogP contribution is -2.59. The van der Waals surface area contributed by atoms with E-state index in [1.54, 1.807) is 0 Å². The average molecular weight is 681 g/mol. The topological polar surface area (TPSA) is 276 Å². The molecule has 272 valence electrons. The first-order chi connectivity index (χ1) is 22.7. The van der Waals surface area contributed by atoms with Crippen LogP contribution in [0.4, 0.5) is 0 Å². The molecular weight excluding hydrogens is 624 g/mol. The van der Waals surface area contributed by atoms with Crippen LogP contribution in [0.3, 0.4) is 0 Å². The monoisotopic (exact) mass is 680 g/mol. The van der Waals surface area contributed by atoms with Gasteiger partial charge in [0.2, 0.25) is 29.5 Å². The van der Waals surface area contributed by atoms with Crippen LogP contribution in [0.15, 0.2) is 4.99 Å². The summed E-state index contributed by atoms with van der Waals surface area (Å²) in [7, 11) is 0. The van der Waals surface area contributed by atoms with E-state index in [2.05, 4.69) is 31.6 Å². The number of hydrogen-bond donors (Lipinski definition) is 9. The number of unbranched alkanes of at least 4 members (excludes halogenated alkanes) is 1. The zero-order chi connectivity index (χ0) is 35.8. The van der Waals surface area contributed by atoms with Crippen molar-refractivity contribution in [2.24, 2.45) is 28.1 Å². The molecule has 17 nitrogen and oxygen atoms in total. The van der Waals surface area contributed by atoms with E-state index in [4.69, 9.17) is 17.2 Å². The number of rotatable bonds is 20. The molecule has 2 saturated heterocycles. The van der Waals surface area contributed by atoms with Gasteiger partial charge in [-0.25, -0.2) is 4.79 Å². The third kappa shape index (κ3) is 13.3. The van der Waals surface area contributed by atoms with Gasteiger partial charge in [0.25, 0.3) is 0 Å². The highest BCUT2D eigenvalue weighted by Gasteiger charge is 2.38. The number of aliphatic carboxylic acids is 1. The normalized spacial score (nSPS) is 19.9. The van der Waals surface area contributed by atoms with Gasteiger partial charge in [-0.05, 0) is 90.1 Å². The number of likely N-dealkylation sites (tertiary alicyclic amines) is 1. The van der Waals surface area contributed by atoms with E-state index in [1.165, 1.54) is 11.8 Å². The van der Waals surface area contributed by atoms with Gasteiger partial charge in [-0.15, -0.1) is 0 Å². The van der Waals surface area contributed by atoms with Crippen molar-refractivity contribution in [2.75, 3.05) is 26.2 Å². The van der Waals surface area contributed by atoms with Crippen LogP contribution < -0.4 is 43.8 Å². The van der Waals surface area contributed by atoms with Crippen molar-refractivity contribution in [3.63, 3.8) is 0 Å². The summed E-state index contributed by atoms with van der Waals surface area (Å²) in [4.78, 5) is 83.4. The number of nitrogens with two attached hydrogens (primary N) is 3. The Morgan fingerprint density at radius 1 is 0.854 bits per heavy atom. The molecule has 0 aliphatic carbocycles. The summed E-state index contributed by atoms with van der Waals surface area (Å²) in [6.45, 7) is 6.80. The van der Waals surface area contributed by atoms with Gasteiger partial charge in [0.15, 0.2) is 5.96 Å². The predicted octanol–water partition coefficient (Wildman–Crippen LogP) is -2.00. The summed E-state index contributed by atoms with van der Waals surface area (Å²) in [6.07, 6.45) is 4.63. The first-order valence-electron chi connectivity index (χ1n) is 17.0. The molecule has 2 fully saturated rings. The highest BCUT2D eigenvalue weighted by Crippen LogP contribution is 2.20. The van der Waals surface area contributed by atoms with Crippen LogP contribution in [-0.4, -0.2) is 114 Å². The highest BCUT2D eigenvalue weighted by molar-refractivity contribution is 5.96. The van der Waals surface area contributed by atoms with Crippen LogP contribution in [-0.2, 0) is 28.8 Å². The maximum Gasteiger partial charge on any atom is 0.326 e. The van der Waals surface area contributed by atoms with Crippen molar-refractivity contribution >= 4 is 41.5 Å². The van der Waals surface area contributed by atoms with Crippen LogP contribution in [0.2, 0.25) is 0 Å². The number of guanidine groups is 1. The number of nitrogens with one attached hydrogen (secondary N) is 5. The van der Waals surface area contributed by atoms with Gasteiger partial charge in [-0.3, -0.25) is 29.0 Å². The maximum atomic E-state index is 13.6. The Hall–Kier alpha value is -3.99. The zero-order valence-electron chi connectivity index (χ0n) is 28.5. The third-order valence-electron chi connectivity index (χ3n) is 8.43. The molecule has 0 aromatic rings. The molecule has 17 heteroatoms. The number of carboxylic acid groups (broad SMARTS) is 1. The van der Waals surface area contributed by atoms with Crippen molar-refractivity contribution in [1.29, 1.82) is 0 Å². The molecule has 2 aliphatic heterocycles. The van der Waals surface area contributed by atoms with Gasteiger partial charge < -0.3 is 53.8 Å². The first-order valence-corrected chi connectivity index (χ1v) is 17.0. The molecule has 0 aromatic heterocycles. The molecule has 0 radical (unpaired) electrons. The largest absolute Gasteiger partial charge is 0.480 e. The molecule has 12 N–H and O–H groups in total. The van der Waals surface area contributed by atoms with E-state index in [-0.39, 0.29) is 49.8 Å². The number of carbonyl (C=O) groups excluding carboxylic acids is 5. The van der Waals surface area contributed by atoms with Gasteiger partial charge in [-0.1, -0.05) is 13.8 Å². The van der Waals surface area contributed by atoms with Crippen molar-refractivity contribution < 1.29 is 33.9 Å². The van der Waals surface area contributed by atoms with E-state index in [0.717, 1.165) is 13.0 Å². The maximum absolute atomic E-state index is 13.6. The molecular formula is C31H56N10O7. The summed E-state index contributed by atoms with van der Waals surface area (Å²) >= 11 is 0. The summed E-state index contributed by atoms with van der Waals surface area (Å²) in [5.74, 6) is -3.89. The minimum absolute atomic E-state index is 0.0386. The van der Waals surface area contributed by atoms with Gasteiger partial charge in [0.1, 0.15) is 30.2 Å². The Balaban J connectivity index is 2.13. The van der Waals surface area contributed by atoms with E-state index >= 15 is 0 Å². The molecule has 0 saturated carbocycles. The Morgan fingerprint density at radius 3 is 2.12 bits per heavy atom. The SMILES string of the molecule is CC(C)C[C@H](NC(=O)[C@H](C)NC(=O)[C@H](CCCCN)NC(=O)[C@@H]1CCCN1)C(=O)N[C@@H](CCCN=C(N)N)C(=O)N1CCC[C@H]1C(=O)O. The van der Waals surface area contributed by atoms with Crippen molar-refractivity contribution in [3.8, 4) is 0 Å². The van der Waals surface area contributed by atoms with Gasteiger partial charge >= 0.3 is 5.97 Å². The van der Waals surface area contributed by atoms with E-state index in [9.17, 15) is 33.9 Å². The minimum Gasteiger partial charge on any atom is -0.480 e. The summed E-state index contributed by atoms with van der Waals surface area (Å²) in [5.41, 5.74) is 16.4. The Bertz CT molecular complexity index is 1140. The summed E-state index contributed by atoms with van der Waals surface area (Å²) in [6, 6.07) is -5.45. The third-order valence-corrected chi connectivity index (χ3v) is 8.43. The Kier molecular flexibility index (Phi) is 17.1. The lowest BCUT2D eigenvalue weighted by Gasteiger charge is -2.29. The fourth-order valence-corrected chi connectivity index (χ4v) is 5.84. The van der Waals surface area contributed by atoms with Gasteiger partial charge in [0.05, 0.1) is 6.04 Å². The molecule has 2 heterocycles. The fraction of sp³-hybridized carbons (Fsp3) is 0.774. The van der Waals surface area contributed by atoms with Crippen LogP contribution in [0, 0.1) is 5.92 Å². The molecule has 0 bridgehead atoms. The van der Waals surface area contributed by atoms with E-state index < -0.39 is 59.8 Å². The quantitative estimate of drug-likeness (QED) is 0.0385. The molecule has 2 aliphatic rings. The van der Waals surface area contributed by atoms with Crippen molar-refractivity contribution in [1.82, 2.24) is 31.5 Å². The number of amides is 5. The van der Waals surface area contributed by atoms with Crippen LogP contribution >= 0.6 is 0 Å². The second kappa shape index (κ2) is 20.4. The van der Waals surface area contributed by atoms with Crippen LogP contribution in [0.1, 0.15) is 85.0 Å². The average Bonchev–Trinajstić information content (AvgIpc) is 3.74. The first kappa shape index (κ1) is 40.2. The summed E-state index contributed by atoms with van der Waals surface area (Å²) < 4.78 is 0. The van der Waals surface area contributed by atoms with Crippen molar-refractivity contribution in [3.05, 3.63) is 0 Å². The number of nitrogens with zero attached hydrogens (tertiary/aromatic N) is 2. The van der Waals surface area contributed by atoms with Gasteiger partial charge in [0, 0.05) is 13.1 Å². The second-order valence-electron chi connectivity index (χ2n) is 13.0. The number of carbonyl (C=O) groups is 6. The van der Waals surface area contributed by atoms with Gasteiger partial charge in [-0.2, -0.15) is 0 Å². The Labute approximate surface area is 282 Å². The standard InChI is InChI=1S/C31H56N10O7/c1-18(2)17-23(28(45)39-22(11-7-15-36-31(33)34)29(46)41-16-8-12-24(41)30(47)48)40-25(42)19(3)37-27(44)21(9-4-5-13-32)38-26(43)20-10-6-14-35-20/h18-24,35H,4-17,32H2,1-3H3,(H,37,44)(H,38,43)(H,39,45)(H,40,42)(H,47,48)(H4,33,34,36)/t19-,20-,21-,22-,23-,24-/m0/s1. The predicted molar refractivity (Wildman–Crippen MR) is 179 cm³/mol. The smallest absolute Gasteiger partial charge is 0.326 e. The number of hydrogen-bond acceptors (Lipinski definition) is 9. The van der Waals surface area contributed by atoms with Crippen LogP contribution in [0.5, 0.6) is 0 Å². The number of aliphatic imine (C=N–C) groups is 1. The highest BCUT2D eigenvalue weighted by atomic mass is 16.4. The Morgan fingerprint density at radius 2 is 1.52 bits per heavy atom. The fourth-order valence-electron chi connectivity index (χ4n) is 5.84. The van der Waals surface area contributed by atoms with Crippen molar-refractivity contribution in [2.45, 2.75) is 121 Å². The zero-order valence-corrected chi connectivity index (χ0v) is 28.5. The molecule has 0 aromatic carbocycles. The molecule has 0 unspecified atom stereocenters. The summed E-state index contributed by atoms with van der Waals surface area (Å²) in [5, 5.41) is 23.6. The lowest BCUT2D eigenvalue weighted by molar-refractivity contribution is -0.149. The second-order valence-corrected chi connectivity index (χ2v) is 13.0. The molecule has 2 rings (SSSR count).